The summed E-state index contributed by atoms with van der Waals surface area (Å²) in [6, 6.07) is 21.3. The van der Waals surface area contributed by atoms with Crippen molar-refractivity contribution < 1.29 is 9.53 Å². The van der Waals surface area contributed by atoms with E-state index in [0.717, 1.165) is 19.3 Å². The van der Waals surface area contributed by atoms with Crippen molar-refractivity contribution in [1.82, 2.24) is 0 Å². The second-order valence-corrected chi connectivity index (χ2v) is 6.57. The molecule has 1 aliphatic heterocycles. The van der Waals surface area contributed by atoms with Gasteiger partial charge in [0.1, 0.15) is 0 Å². The first kappa shape index (κ1) is 13.7. The molecule has 0 unspecified atom stereocenters. The van der Waals surface area contributed by atoms with E-state index in [4.69, 9.17) is 4.74 Å². The zero-order valence-electron chi connectivity index (χ0n) is 12.8. The van der Waals surface area contributed by atoms with Gasteiger partial charge in [0.25, 0.3) is 0 Å². The molecule has 2 aromatic rings. The molecule has 1 aliphatic carbocycles. The average Bonchev–Trinajstić information content (AvgIpc) is 3.31. The molecule has 2 fully saturated rings. The lowest BCUT2D eigenvalue weighted by Crippen LogP contribution is -2.40. The fraction of sp³-hybridized carbons (Fsp3) is 0.350. The van der Waals surface area contributed by atoms with Crippen LogP contribution in [0.3, 0.4) is 0 Å². The van der Waals surface area contributed by atoms with Gasteiger partial charge in [0.05, 0.1) is 6.10 Å². The Labute approximate surface area is 131 Å². The molecule has 1 saturated heterocycles. The van der Waals surface area contributed by atoms with Gasteiger partial charge in [-0.15, -0.1) is 0 Å². The fourth-order valence-electron chi connectivity index (χ4n) is 4.16. The Morgan fingerprint density at radius 3 is 1.95 bits per heavy atom. The van der Waals surface area contributed by atoms with Crippen LogP contribution in [-0.4, -0.2) is 17.5 Å². The number of epoxide rings is 1. The number of rotatable bonds is 3. The van der Waals surface area contributed by atoms with Gasteiger partial charge >= 0.3 is 0 Å². The summed E-state index contributed by atoms with van der Waals surface area (Å²) in [5.74, 6) is 0.187. The summed E-state index contributed by atoms with van der Waals surface area (Å²) in [6.07, 6.45) is 2.73. The van der Waals surface area contributed by atoms with Gasteiger partial charge in [-0.2, -0.15) is 0 Å². The third kappa shape index (κ3) is 1.87. The summed E-state index contributed by atoms with van der Waals surface area (Å²) in [5.41, 5.74) is 2.14. The van der Waals surface area contributed by atoms with E-state index < -0.39 is 5.60 Å². The number of hydrogen-bond donors (Lipinski definition) is 0. The molecular weight excluding hydrogens is 272 g/mol. The minimum Gasteiger partial charge on any atom is -0.358 e. The number of ether oxygens (including phenoxy) is 1. The third-order valence-corrected chi connectivity index (χ3v) is 5.52. The second kappa shape index (κ2) is 4.79. The van der Waals surface area contributed by atoms with Gasteiger partial charge in [-0.3, -0.25) is 4.79 Å². The highest BCUT2D eigenvalue weighted by Gasteiger charge is 2.65. The number of hydrogen-bond acceptors (Lipinski definition) is 2. The van der Waals surface area contributed by atoms with E-state index >= 15 is 0 Å². The predicted octanol–water partition coefficient (Wildman–Crippen LogP) is 3.88. The Morgan fingerprint density at radius 1 is 0.955 bits per heavy atom. The first-order chi connectivity index (χ1) is 10.7. The molecule has 0 bridgehead atoms. The maximum atomic E-state index is 11.9. The third-order valence-electron chi connectivity index (χ3n) is 5.52. The zero-order chi connectivity index (χ0) is 15.2. The highest BCUT2D eigenvalue weighted by molar-refractivity contribution is 5.88. The highest BCUT2D eigenvalue weighted by Crippen LogP contribution is 2.57. The summed E-state index contributed by atoms with van der Waals surface area (Å²) < 4.78 is 5.88. The Balaban J connectivity index is 1.78. The molecule has 0 radical (unpaired) electrons. The standard InChI is InChI=1S/C20H20O2/c1-15(21)20-13-12-19(14-18(20)22-20,16-8-4-2-5-9-16)17-10-6-3-7-11-17/h2-11,18H,12-14H2,1H3/t18-,20-/m1/s1. The van der Waals surface area contributed by atoms with Crippen LogP contribution in [0.5, 0.6) is 0 Å². The number of carbonyl (C=O) groups is 1. The highest BCUT2D eigenvalue weighted by atomic mass is 16.6. The number of benzene rings is 2. The van der Waals surface area contributed by atoms with Crippen LogP contribution in [0, 0.1) is 0 Å². The molecule has 0 aromatic heterocycles. The molecule has 2 nitrogen and oxygen atoms in total. The molecule has 22 heavy (non-hydrogen) atoms. The van der Waals surface area contributed by atoms with Gasteiger partial charge < -0.3 is 4.74 Å². The first-order valence-corrected chi connectivity index (χ1v) is 7.97. The quantitative estimate of drug-likeness (QED) is 0.803. The van der Waals surface area contributed by atoms with Crippen molar-refractivity contribution in [2.75, 3.05) is 0 Å². The fourth-order valence-corrected chi connectivity index (χ4v) is 4.16. The molecule has 0 N–H and O–H groups in total. The molecule has 0 spiro atoms. The second-order valence-electron chi connectivity index (χ2n) is 6.57. The van der Waals surface area contributed by atoms with Crippen molar-refractivity contribution in [2.24, 2.45) is 0 Å². The van der Waals surface area contributed by atoms with Crippen molar-refractivity contribution in [3.8, 4) is 0 Å². The molecule has 2 heteroatoms. The van der Waals surface area contributed by atoms with Gasteiger partial charge in [0.15, 0.2) is 11.4 Å². The molecule has 2 aliphatic rings. The topological polar surface area (TPSA) is 29.6 Å². The Bertz CT molecular complexity index is 653. The summed E-state index contributed by atoms with van der Waals surface area (Å²) in [6.45, 7) is 1.66. The van der Waals surface area contributed by atoms with Crippen LogP contribution in [0.1, 0.15) is 37.3 Å². The molecule has 1 heterocycles. The minimum absolute atomic E-state index is 0.0391. The summed E-state index contributed by atoms with van der Waals surface area (Å²) in [7, 11) is 0. The lowest BCUT2D eigenvalue weighted by atomic mass is 9.62. The van der Waals surface area contributed by atoms with Crippen LogP contribution in [0.2, 0.25) is 0 Å². The monoisotopic (exact) mass is 292 g/mol. The van der Waals surface area contributed by atoms with Crippen LogP contribution in [-0.2, 0) is 14.9 Å². The van der Waals surface area contributed by atoms with E-state index in [0.29, 0.717) is 0 Å². The van der Waals surface area contributed by atoms with Crippen LogP contribution < -0.4 is 0 Å². The van der Waals surface area contributed by atoms with Crippen molar-refractivity contribution in [1.29, 1.82) is 0 Å². The molecule has 4 rings (SSSR count). The van der Waals surface area contributed by atoms with Crippen molar-refractivity contribution in [2.45, 2.75) is 43.3 Å². The van der Waals surface area contributed by atoms with Crippen molar-refractivity contribution in [3.05, 3.63) is 71.8 Å². The Hall–Kier alpha value is -1.93. The molecule has 1 saturated carbocycles. The molecule has 2 atom stereocenters. The van der Waals surface area contributed by atoms with Gasteiger partial charge in [-0.25, -0.2) is 0 Å². The van der Waals surface area contributed by atoms with Gasteiger partial charge in [-0.05, 0) is 37.3 Å². The minimum atomic E-state index is -0.479. The van der Waals surface area contributed by atoms with Crippen LogP contribution >= 0.6 is 0 Å². The lowest BCUT2D eigenvalue weighted by molar-refractivity contribution is -0.122. The largest absolute Gasteiger partial charge is 0.358 e. The Kier molecular flexibility index (Phi) is 2.98. The van der Waals surface area contributed by atoms with E-state index in [1.165, 1.54) is 11.1 Å². The van der Waals surface area contributed by atoms with Crippen molar-refractivity contribution >= 4 is 5.78 Å². The summed E-state index contributed by atoms with van der Waals surface area (Å²) in [5, 5.41) is 0. The van der Waals surface area contributed by atoms with E-state index in [9.17, 15) is 4.79 Å². The molecule has 2 aromatic carbocycles. The number of ketones is 1. The maximum Gasteiger partial charge on any atom is 0.164 e. The van der Waals surface area contributed by atoms with Gasteiger partial charge in [0.2, 0.25) is 0 Å². The van der Waals surface area contributed by atoms with Crippen LogP contribution in [0.4, 0.5) is 0 Å². The van der Waals surface area contributed by atoms with Crippen LogP contribution in [0.25, 0.3) is 0 Å². The average molecular weight is 292 g/mol. The van der Waals surface area contributed by atoms with E-state index in [1.54, 1.807) is 6.92 Å². The molecule has 0 amide bonds. The summed E-state index contributed by atoms with van der Waals surface area (Å²) >= 11 is 0. The SMILES string of the molecule is CC(=O)[C@]12CCC(c3ccccc3)(c3ccccc3)C[C@H]1O2. The molecular formula is C20H20O2. The van der Waals surface area contributed by atoms with E-state index in [-0.39, 0.29) is 17.3 Å². The normalized spacial score (nSPS) is 28.7. The zero-order valence-corrected chi connectivity index (χ0v) is 12.8. The van der Waals surface area contributed by atoms with Crippen molar-refractivity contribution in [3.63, 3.8) is 0 Å². The number of fused-ring (bicyclic) bond motifs is 1. The van der Waals surface area contributed by atoms with Gasteiger partial charge in [-0.1, -0.05) is 60.7 Å². The predicted molar refractivity (Wildman–Crippen MR) is 85.8 cm³/mol. The van der Waals surface area contributed by atoms with E-state index in [2.05, 4.69) is 60.7 Å². The Morgan fingerprint density at radius 2 is 1.50 bits per heavy atom. The summed E-state index contributed by atoms with van der Waals surface area (Å²) in [4.78, 5) is 11.9. The lowest BCUT2D eigenvalue weighted by Gasteiger charge is -2.38. The smallest absolute Gasteiger partial charge is 0.164 e. The maximum absolute atomic E-state index is 11.9. The molecule has 112 valence electrons. The van der Waals surface area contributed by atoms with Crippen LogP contribution in [0.15, 0.2) is 60.7 Å². The van der Waals surface area contributed by atoms with E-state index in [1.807, 2.05) is 0 Å². The van der Waals surface area contributed by atoms with Gasteiger partial charge in [0, 0.05) is 5.41 Å². The number of carbonyl (C=O) groups excluding carboxylic acids is 1. The first-order valence-electron chi connectivity index (χ1n) is 7.97. The number of Topliss-reactive ketones (excluding diaryl/α,β-unsaturated/α-hetero) is 1.